The molecule has 4 nitrogen and oxygen atoms in total. The standard InChI is InChI=1S/C9H10Br2N2O2S/c1-2-3-13-16(14,15)9-7(11)4-6(10)5-8(9)12/h2,4-5,13H,1,3,12H2. The molecule has 0 amide bonds. The minimum atomic E-state index is -3.61. The third-order valence-corrected chi connectivity index (χ3v) is 4.61. The zero-order chi connectivity index (χ0) is 12.3. The molecule has 16 heavy (non-hydrogen) atoms. The Morgan fingerprint density at radius 3 is 2.56 bits per heavy atom. The predicted octanol–water partition coefficient (Wildman–Crippen LogP) is 2.26. The van der Waals surface area contributed by atoms with Crippen LogP contribution in [0.5, 0.6) is 0 Å². The fraction of sp³-hybridized carbons (Fsp3) is 0.111. The molecule has 0 aliphatic carbocycles. The molecule has 0 aliphatic heterocycles. The summed E-state index contributed by atoms with van der Waals surface area (Å²) in [6.07, 6.45) is 1.46. The molecular weight excluding hydrogens is 360 g/mol. The van der Waals surface area contributed by atoms with E-state index in [9.17, 15) is 8.42 Å². The summed E-state index contributed by atoms with van der Waals surface area (Å²) in [4.78, 5) is 0.0394. The minimum absolute atomic E-state index is 0.0394. The molecule has 7 heteroatoms. The van der Waals surface area contributed by atoms with Crippen LogP contribution in [-0.4, -0.2) is 15.0 Å². The van der Waals surface area contributed by atoms with Crippen molar-refractivity contribution in [3.63, 3.8) is 0 Å². The Bertz CT molecular complexity index is 491. The molecule has 0 fully saturated rings. The van der Waals surface area contributed by atoms with E-state index in [1.54, 1.807) is 6.07 Å². The summed E-state index contributed by atoms with van der Waals surface area (Å²) < 4.78 is 27.2. The number of hydrogen-bond acceptors (Lipinski definition) is 3. The Kier molecular flexibility index (Phi) is 4.54. The van der Waals surface area contributed by atoms with Crippen LogP contribution in [0.3, 0.4) is 0 Å². The number of nitrogens with two attached hydrogens (primary N) is 1. The average Bonchev–Trinajstić information content (AvgIpc) is 2.12. The molecule has 1 aromatic carbocycles. The van der Waals surface area contributed by atoms with Gasteiger partial charge in [-0.1, -0.05) is 22.0 Å². The van der Waals surface area contributed by atoms with E-state index in [-0.39, 0.29) is 17.1 Å². The maximum atomic E-state index is 11.9. The average molecular weight is 370 g/mol. The van der Waals surface area contributed by atoms with Crippen LogP contribution < -0.4 is 10.5 Å². The third kappa shape index (κ3) is 3.07. The lowest BCUT2D eigenvalue weighted by Gasteiger charge is -2.10. The first-order valence-corrected chi connectivity index (χ1v) is 7.30. The third-order valence-electron chi connectivity index (χ3n) is 1.72. The van der Waals surface area contributed by atoms with Crippen molar-refractivity contribution in [2.24, 2.45) is 0 Å². The van der Waals surface area contributed by atoms with Gasteiger partial charge in [0.1, 0.15) is 4.90 Å². The highest BCUT2D eigenvalue weighted by Gasteiger charge is 2.20. The van der Waals surface area contributed by atoms with E-state index in [0.29, 0.717) is 8.95 Å². The monoisotopic (exact) mass is 368 g/mol. The van der Waals surface area contributed by atoms with Crippen molar-refractivity contribution >= 4 is 47.6 Å². The van der Waals surface area contributed by atoms with E-state index < -0.39 is 10.0 Å². The summed E-state index contributed by atoms with van der Waals surface area (Å²) in [7, 11) is -3.61. The number of halogens is 2. The van der Waals surface area contributed by atoms with Crippen LogP contribution in [0.25, 0.3) is 0 Å². The van der Waals surface area contributed by atoms with Gasteiger partial charge in [-0.25, -0.2) is 13.1 Å². The van der Waals surface area contributed by atoms with Crippen LogP contribution in [0.1, 0.15) is 0 Å². The lowest BCUT2D eigenvalue weighted by Crippen LogP contribution is -2.25. The van der Waals surface area contributed by atoms with Crippen molar-refractivity contribution in [3.8, 4) is 0 Å². The van der Waals surface area contributed by atoms with Gasteiger partial charge in [-0.3, -0.25) is 0 Å². The van der Waals surface area contributed by atoms with Gasteiger partial charge in [0.25, 0.3) is 0 Å². The van der Waals surface area contributed by atoms with E-state index in [0.717, 1.165) is 0 Å². The molecule has 0 unspecified atom stereocenters. The van der Waals surface area contributed by atoms with Gasteiger partial charge < -0.3 is 5.73 Å². The molecule has 3 N–H and O–H groups in total. The molecule has 88 valence electrons. The molecule has 1 rings (SSSR count). The van der Waals surface area contributed by atoms with Crippen molar-refractivity contribution in [3.05, 3.63) is 33.7 Å². The molecular formula is C9H10Br2N2O2S. The summed E-state index contributed by atoms with van der Waals surface area (Å²) in [6.45, 7) is 3.60. The number of hydrogen-bond donors (Lipinski definition) is 2. The van der Waals surface area contributed by atoms with Gasteiger partial charge in [0.15, 0.2) is 0 Å². The molecule has 0 saturated heterocycles. The fourth-order valence-corrected chi connectivity index (χ4v) is 4.17. The Labute approximate surface area is 111 Å². The highest BCUT2D eigenvalue weighted by atomic mass is 79.9. The molecule has 0 saturated carbocycles. The van der Waals surface area contributed by atoms with Gasteiger partial charge in [-0.05, 0) is 28.1 Å². The molecule has 0 atom stereocenters. The summed E-state index contributed by atoms with van der Waals surface area (Å²) in [6, 6.07) is 3.16. The van der Waals surface area contributed by atoms with Gasteiger partial charge in [-0.15, -0.1) is 6.58 Å². The summed E-state index contributed by atoms with van der Waals surface area (Å²) in [5, 5.41) is 0. The number of nitrogen functional groups attached to an aromatic ring is 1. The van der Waals surface area contributed by atoms with Crippen LogP contribution in [-0.2, 0) is 10.0 Å². The van der Waals surface area contributed by atoms with Gasteiger partial charge in [-0.2, -0.15) is 0 Å². The SMILES string of the molecule is C=CCNS(=O)(=O)c1c(N)cc(Br)cc1Br. The van der Waals surface area contributed by atoms with Crippen molar-refractivity contribution < 1.29 is 8.42 Å². The quantitative estimate of drug-likeness (QED) is 0.631. The first-order valence-electron chi connectivity index (χ1n) is 4.23. The van der Waals surface area contributed by atoms with Crippen molar-refractivity contribution in [2.45, 2.75) is 4.90 Å². The van der Waals surface area contributed by atoms with E-state index in [2.05, 4.69) is 43.2 Å². The van der Waals surface area contributed by atoms with Gasteiger partial charge >= 0.3 is 0 Å². The van der Waals surface area contributed by atoms with Gasteiger partial charge in [0.2, 0.25) is 10.0 Å². The normalized spacial score (nSPS) is 11.4. The van der Waals surface area contributed by atoms with Gasteiger partial charge in [0, 0.05) is 15.5 Å². The number of sulfonamides is 1. The molecule has 1 aromatic rings. The zero-order valence-corrected chi connectivity index (χ0v) is 12.2. The van der Waals surface area contributed by atoms with Crippen LogP contribution in [0, 0.1) is 0 Å². The Morgan fingerprint density at radius 1 is 1.44 bits per heavy atom. The van der Waals surface area contributed by atoms with Crippen LogP contribution in [0.4, 0.5) is 5.69 Å². The van der Waals surface area contributed by atoms with E-state index in [4.69, 9.17) is 5.73 Å². The highest BCUT2D eigenvalue weighted by molar-refractivity contribution is 9.11. The fourth-order valence-electron chi connectivity index (χ4n) is 1.10. The van der Waals surface area contributed by atoms with E-state index in [1.807, 2.05) is 0 Å². The number of benzene rings is 1. The lowest BCUT2D eigenvalue weighted by molar-refractivity contribution is 0.585. The Balaban J connectivity index is 3.28. The first-order chi connectivity index (χ1) is 7.38. The summed E-state index contributed by atoms with van der Waals surface area (Å²) in [5.74, 6) is 0. The van der Waals surface area contributed by atoms with E-state index >= 15 is 0 Å². The molecule has 0 aromatic heterocycles. The molecule has 0 aliphatic rings. The topological polar surface area (TPSA) is 72.2 Å². The molecule has 0 bridgehead atoms. The Morgan fingerprint density at radius 2 is 2.06 bits per heavy atom. The van der Waals surface area contributed by atoms with Crippen molar-refractivity contribution in [1.82, 2.24) is 4.72 Å². The number of rotatable bonds is 4. The second kappa shape index (κ2) is 5.31. The lowest BCUT2D eigenvalue weighted by atomic mass is 10.3. The second-order valence-electron chi connectivity index (χ2n) is 2.95. The Hall–Kier alpha value is -0.370. The molecule has 0 heterocycles. The van der Waals surface area contributed by atoms with E-state index in [1.165, 1.54) is 12.1 Å². The number of anilines is 1. The zero-order valence-electron chi connectivity index (χ0n) is 8.20. The highest BCUT2D eigenvalue weighted by Crippen LogP contribution is 2.31. The van der Waals surface area contributed by atoms with Crippen molar-refractivity contribution in [1.29, 1.82) is 0 Å². The second-order valence-corrected chi connectivity index (χ2v) is 6.42. The largest absolute Gasteiger partial charge is 0.398 e. The number of nitrogens with one attached hydrogen (secondary N) is 1. The summed E-state index contributed by atoms with van der Waals surface area (Å²) in [5.41, 5.74) is 5.85. The van der Waals surface area contributed by atoms with Crippen molar-refractivity contribution in [2.75, 3.05) is 12.3 Å². The molecule has 0 radical (unpaired) electrons. The molecule has 0 spiro atoms. The van der Waals surface area contributed by atoms with Crippen LogP contribution in [0.15, 0.2) is 38.6 Å². The summed E-state index contributed by atoms with van der Waals surface area (Å²) >= 11 is 6.40. The van der Waals surface area contributed by atoms with Crippen LogP contribution in [0.2, 0.25) is 0 Å². The minimum Gasteiger partial charge on any atom is -0.398 e. The first kappa shape index (κ1) is 13.7. The van der Waals surface area contributed by atoms with Gasteiger partial charge in [0.05, 0.1) is 5.69 Å². The smallest absolute Gasteiger partial charge is 0.244 e. The van der Waals surface area contributed by atoms with Crippen LogP contribution >= 0.6 is 31.9 Å². The maximum Gasteiger partial charge on any atom is 0.244 e. The maximum absolute atomic E-state index is 11.9. The predicted molar refractivity (Wildman–Crippen MR) is 71.6 cm³/mol.